The third-order valence-electron chi connectivity index (χ3n) is 4.75. The zero-order valence-electron chi connectivity index (χ0n) is 15.1. The molecule has 1 aliphatic heterocycles. The van der Waals surface area contributed by atoms with Crippen LogP contribution in [0.5, 0.6) is 0 Å². The molecule has 0 N–H and O–H groups in total. The molecule has 0 fully saturated rings. The number of anilines is 1. The highest BCUT2D eigenvalue weighted by Crippen LogP contribution is 2.36. The van der Waals surface area contributed by atoms with Crippen molar-refractivity contribution >= 4 is 17.3 Å². The van der Waals surface area contributed by atoms with Gasteiger partial charge in [-0.25, -0.2) is 4.68 Å². The number of benzene rings is 2. The van der Waals surface area contributed by atoms with E-state index in [0.29, 0.717) is 6.67 Å². The summed E-state index contributed by atoms with van der Waals surface area (Å²) in [6, 6.07) is 16.5. The summed E-state index contributed by atoms with van der Waals surface area (Å²) in [6.07, 6.45) is 0.861. The van der Waals surface area contributed by atoms with Crippen molar-refractivity contribution in [3.8, 4) is 11.3 Å². The van der Waals surface area contributed by atoms with Gasteiger partial charge in [0.05, 0.1) is 11.4 Å². The van der Waals surface area contributed by atoms with Crippen LogP contribution in [0.1, 0.15) is 11.3 Å². The Balaban J connectivity index is 1.82. The molecular formula is C20H22ClN5. The first-order valence-electron chi connectivity index (χ1n) is 8.78. The van der Waals surface area contributed by atoms with Crippen LogP contribution in [0.15, 0.2) is 48.5 Å². The number of likely N-dealkylation sites (N-methyl/N-ethyl adjacent to an activating group) is 1. The Hall–Kier alpha value is -2.37. The van der Waals surface area contributed by atoms with Gasteiger partial charge in [-0.2, -0.15) is 0 Å². The van der Waals surface area contributed by atoms with Crippen molar-refractivity contribution in [1.82, 2.24) is 19.9 Å². The SMILES string of the molecule is CN(C)CCc1nnn2c1-c1cccc(Cl)c1CN(c1ccccc1)C2. The fourth-order valence-corrected chi connectivity index (χ4v) is 3.63. The molecule has 6 heteroatoms. The van der Waals surface area contributed by atoms with Gasteiger partial charge in [0.15, 0.2) is 0 Å². The lowest BCUT2D eigenvalue weighted by Gasteiger charge is -2.23. The quantitative estimate of drug-likeness (QED) is 0.705. The second-order valence-corrected chi connectivity index (χ2v) is 7.29. The van der Waals surface area contributed by atoms with Gasteiger partial charge in [0, 0.05) is 35.8 Å². The minimum atomic E-state index is 0.652. The molecule has 26 heavy (non-hydrogen) atoms. The standard InChI is InChI=1S/C20H22ClN5/c1-24(2)12-11-19-20-16-9-6-10-18(21)17(16)13-25(14-26(20)23-22-19)15-7-4-3-5-8-15/h3-10H,11-14H2,1-2H3. The van der Waals surface area contributed by atoms with Crippen molar-refractivity contribution in [1.29, 1.82) is 0 Å². The van der Waals surface area contributed by atoms with E-state index in [0.717, 1.165) is 52.7 Å². The monoisotopic (exact) mass is 367 g/mol. The van der Waals surface area contributed by atoms with Gasteiger partial charge in [0.1, 0.15) is 6.67 Å². The van der Waals surface area contributed by atoms with Gasteiger partial charge >= 0.3 is 0 Å². The molecule has 0 atom stereocenters. The van der Waals surface area contributed by atoms with E-state index in [9.17, 15) is 0 Å². The lowest BCUT2D eigenvalue weighted by atomic mass is 10.0. The summed E-state index contributed by atoms with van der Waals surface area (Å²) < 4.78 is 2.00. The highest BCUT2D eigenvalue weighted by molar-refractivity contribution is 6.31. The predicted octanol–water partition coefficient (Wildman–Crippen LogP) is 3.68. The fraction of sp³-hybridized carbons (Fsp3) is 0.300. The number of hydrogen-bond donors (Lipinski definition) is 0. The average Bonchev–Trinajstić information content (AvgIpc) is 2.95. The first-order valence-corrected chi connectivity index (χ1v) is 9.16. The first kappa shape index (κ1) is 17.1. The van der Waals surface area contributed by atoms with Crippen LogP contribution in [0.3, 0.4) is 0 Å². The second kappa shape index (κ2) is 7.09. The molecule has 1 aromatic heterocycles. The minimum absolute atomic E-state index is 0.652. The van der Waals surface area contributed by atoms with Gasteiger partial charge in [0.2, 0.25) is 0 Å². The van der Waals surface area contributed by atoms with Gasteiger partial charge in [0.25, 0.3) is 0 Å². The summed E-state index contributed by atoms with van der Waals surface area (Å²) >= 11 is 6.60. The summed E-state index contributed by atoms with van der Waals surface area (Å²) in [5.74, 6) is 0. The smallest absolute Gasteiger partial charge is 0.114 e. The number of nitrogens with zero attached hydrogens (tertiary/aromatic N) is 5. The normalized spacial score (nSPS) is 13.5. The van der Waals surface area contributed by atoms with E-state index in [1.165, 1.54) is 0 Å². The van der Waals surface area contributed by atoms with E-state index in [1.807, 2.05) is 22.9 Å². The van der Waals surface area contributed by atoms with Crippen LogP contribution in [-0.4, -0.2) is 40.5 Å². The molecule has 3 aromatic rings. The van der Waals surface area contributed by atoms with Crippen LogP contribution < -0.4 is 4.90 Å². The molecule has 1 aliphatic rings. The number of hydrogen-bond acceptors (Lipinski definition) is 4. The van der Waals surface area contributed by atoms with E-state index in [1.54, 1.807) is 0 Å². The maximum Gasteiger partial charge on any atom is 0.114 e. The van der Waals surface area contributed by atoms with Crippen LogP contribution >= 0.6 is 11.6 Å². The number of halogens is 1. The van der Waals surface area contributed by atoms with Gasteiger partial charge in [-0.05, 0) is 37.9 Å². The fourth-order valence-electron chi connectivity index (χ4n) is 3.40. The van der Waals surface area contributed by atoms with Crippen LogP contribution in [0.4, 0.5) is 5.69 Å². The number of fused-ring (bicyclic) bond motifs is 3. The first-order chi connectivity index (χ1) is 12.6. The Morgan fingerprint density at radius 3 is 2.65 bits per heavy atom. The molecule has 0 bridgehead atoms. The minimum Gasteiger partial charge on any atom is -0.348 e. The van der Waals surface area contributed by atoms with Crippen LogP contribution in [0.2, 0.25) is 5.02 Å². The Morgan fingerprint density at radius 2 is 1.88 bits per heavy atom. The molecule has 2 aromatic carbocycles. The van der Waals surface area contributed by atoms with Crippen molar-refractivity contribution < 1.29 is 0 Å². The maximum atomic E-state index is 6.60. The van der Waals surface area contributed by atoms with Gasteiger partial charge < -0.3 is 9.80 Å². The third kappa shape index (κ3) is 3.20. The van der Waals surface area contributed by atoms with E-state index in [4.69, 9.17) is 11.6 Å². The van der Waals surface area contributed by atoms with Crippen molar-refractivity contribution in [3.63, 3.8) is 0 Å². The van der Waals surface area contributed by atoms with E-state index < -0.39 is 0 Å². The number of aromatic nitrogens is 3. The van der Waals surface area contributed by atoms with E-state index in [-0.39, 0.29) is 0 Å². The number of para-hydroxylation sites is 1. The molecular weight excluding hydrogens is 346 g/mol. The van der Waals surface area contributed by atoms with Crippen LogP contribution in [-0.2, 0) is 19.6 Å². The molecule has 0 unspecified atom stereocenters. The molecule has 5 nitrogen and oxygen atoms in total. The Labute approximate surface area is 158 Å². The van der Waals surface area contributed by atoms with Gasteiger partial charge in [-0.1, -0.05) is 47.1 Å². The number of rotatable bonds is 4. The van der Waals surface area contributed by atoms with Crippen LogP contribution in [0, 0.1) is 0 Å². The second-order valence-electron chi connectivity index (χ2n) is 6.88. The molecule has 0 saturated heterocycles. The lowest BCUT2D eigenvalue weighted by Crippen LogP contribution is -2.25. The molecule has 0 aliphatic carbocycles. The highest BCUT2D eigenvalue weighted by atomic mass is 35.5. The molecule has 2 heterocycles. The summed E-state index contributed by atoms with van der Waals surface area (Å²) in [6.45, 7) is 2.33. The highest BCUT2D eigenvalue weighted by Gasteiger charge is 2.25. The van der Waals surface area contributed by atoms with Crippen molar-refractivity contribution in [2.45, 2.75) is 19.6 Å². The Morgan fingerprint density at radius 1 is 1.08 bits per heavy atom. The summed E-state index contributed by atoms with van der Waals surface area (Å²) in [5.41, 5.74) is 5.52. The maximum absolute atomic E-state index is 6.60. The Kier molecular flexibility index (Phi) is 4.66. The zero-order chi connectivity index (χ0) is 18.1. The average molecular weight is 368 g/mol. The molecule has 0 amide bonds. The predicted molar refractivity (Wildman–Crippen MR) is 105 cm³/mol. The van der Waals surface area contributed by atoms with E-state index in [2.05, 4.69) is 64.5 Å². The molecule has 4 rings (SSSR count). The lowest BCUT2D eigenvalue weighted by molar-refractivity contribution is 0.412. The van der Waals surface area contributed by atoms with E-state index >= 15 is 0 Å². The summed E-state index contributed by atoms with van der Waals surface area (Å²) in [4.78, 5) is 4.45. The van der Waals surface area contributed by atoms with Crippen LogP contribution in [0.25, 0.3) is 11.3 Å². The molecule has 0 saturated carbocycles. The largest absolute Gasteiger partial charge is 0.348 e. The summed E-state index contributed by atoms with van der Waals surface area (Å²) in [7, 11) is 4.15. The topological polar surface area (TPSA) is 37.2 Å². The molecule has 0 radical (unpaired) electrons. The zero-order valence-corrected chi connectivity index (χ0v) is 15.8. The molecule has 0 spiro atoms. The van der Waals surface area contributed by atoms with Crippen molar-refractivity contribution in [3.05, 3.63) is 64.8 Å². The van der Waals surface area contributed by atoms with Crippen molar-refractivity contribution in [2.75, 3.05) is 25.5 Å². The van der Waals surface area contributed by atoms with Crippen molar-refractivity contribution in [2.24, 2.45) is 0 Å². The Bertz CT molecular complexity index is 904. The van der Waals surface area contributed by atoms with Gasteiger partial charge in [-0.15, -0.1) is 5.10 Å². The molecule has 134 valence electrons. The third-order valence-corrected chi connectivity index (χ3v) is 5.10. The van der Waals surface area contributed by atoms with Gasteiger partial charge in [-0.3, -0.25) is 0 Å². The summed E-state index contributed by atoms with van der Waals surface area (Å²) in [5, 5.41) is 9.74.